The van der Waals surface area contributed by atoms with Crippen molar-refractivity contribution in [3.63, 3.8) is 0 Å². The first-order chi connectivity index (χ1) is 23.4. The number of imidazole rings is 1. The highest BCUT2D eigenvalue weighted by atomic mass is 16.7. The van der Waals surface area contributed by atoms with Gasteiger partial charge < -0.3 is 34.5 Å². The van der Waals surface area contributed by atoms with Crippen LogP contribution in [0.5, 0.6) is 0 Å². The van der Waals surface area contributed by atoms with Crippen molar-refractivity contribution >= 4 is 23.0 Å². The van der Waals surface area contributed by atoms with Crippen LogP contribution < -0.4 is 10.6 Å². The lowest BCUT2D eigenvalue weighted by Crippen LogP contribution is -2.47. The molecule has 48 heavy (non-hydrogen) atoms. The fourth-order valence-electron chi connectivity index (χ4n) is 6.05. The zero-order valence-electron chi connectivity index (χ0n) is 27.0. The SMILES string of the molecule is COC(=O)[C@H](Cc1ccccc1)NC(=O)NCc1ccc([C@H]2O[C@@H](Cn3cnc4ccccc43)[C@@H](C)[C@@H](c3ccc(CO)cc3)O2)cc1. The van der Waals surface area contributed by atoms with Crippen LogP contribution in [0, 0.1) is 5.92 Å². The van der Waals surface area contributed by atoms with Crippen LogP contribution in [-0.4, -0.2) is 45.9 Å². The van der Waals surface area contributed by atoms with Crippen molar-refractivity contribution in [1.82, 2.24) is 20.2 Å². The molecule has 1 fully saturated rings. The molecule has 1 aliphatic heterocycles. The lowest BCUT2D eigenvalue weighted by Gasteiger charge is -2.41. The maximum Gasteiger partial charge on any atom is 0.328 e. The highest BCUT2D eigenvalue weighted by Gasteiger charge is 2.38. The Hall–Kier alpha value is -5.03. The van der Waals surface area contributed by atoms with E-state index >= 15 is 0 Å². The van der Waals surface area contributed by atoms with Gasteiger partial charge >= 0.3 is 12.0 Å². The van der Waals surface area contributed by atoms with Gasteiger partial charge in [0.05, 0.1) is 49.8 Å². The Morgan fingerprint density at radius 2 is 1.56 bits per heavy atom. The number of ether oxygens (including phenoxy) is 3. The van der Waals surface area contributed by atoms with Crippen molar-refractivity contribution in [3.05, 3.63) is 137 Å². The third-order valence-electron chi connectivity index (χ3n) is 8.81. The first-order valence-corrected chi connectivity index (χ1v) is 16.1. The third kappa shape index (κ3) is 7.74. The van der Waals surface area contributed by atoms with Gasteiger partial charge in [0.1, 0.15) is 6.04 Å². The maximum atomic E-state index is 12.8. The fraction of sp³-hybridized carbons (Fsp3) is 0.289. The molecule has 248 valence electrons. The minimum atomic E-state index is -0.816. The monoisotopic (exact) mass is 648 g/mol. The molecule has 4 aromatic carbocycles. The second kappa shape index (κ2) is 15.2. The number of methoxy groups -OCH3 is 1. The number of aromatic nitrogens is 2. The Bertz CT molecular complexity index is 1810. The number of nitrogens with zero attached hydrogens (tertiary/aromatic N) is 2. The molecule has 1 saturated heterocycles. The Morgan fingerprint density at radius 3 is 2.29 bits per heavy atom. The molecule has 0 radical (unpaired) electrons. The van der Waals surface area contributed by atoms with Crippen molar-refractivity contribution in [3.8, 4) is 0 Å². The standard InChI is InChI=1S/C38H40N4O6/c1-25-34(22-42-24-40-31-10-6-7-11-33(31)42)47-37(48-35(25)29-16-14-28(23-43)15-17-29)30-18-12-27(13-19-30)21-39-38(45)41-32(36(44)46-2)20-26-8-4-3-5-9-26/h3-19,24-25,32,34-35,37,43H,20-23H2,1-2H3,(H2,39,41,45)/t25-,32+,34+,35+,37+/m1/s1. The molecule has 0 saturated carbocycles. The van der Waals surface area contributed by atoms with E-state index in [0.717, 1.165) is 38.9 Å². The third-order valence-corrected chi connectivity index (χ3v) is 8.81. The minimum absolute atomic E-state index is 0.0140. The normalized spacial score (nSPS) is 19.8. The molecule has 5 aromatic rings. The summed E-state index contributed by atoms with van der Waals surface area (Å²) >= 11 is 0. The number of esters is 1. The van der Waals surface area contributed by atoms with Gasteiger partial charge in [-0.15, -0.1) is 0 Å². The highest BCUT2D eigenvalue weighted by Crippen LogP contribution is 2.42. The zero-order valence-corrected chi connectivity index (χ0v) is 27.0. The van der Waals surface area contributed by atoms with Crippen LogP contribution in [-0.2, 0) is 45.1 Å². The van der Waals surface area contributed by atoms with Crippen LogP contribution in [0.25, 0.3) is 11.0 Å². The summed E-state index contributed by atoms with van der Waals surface area (Å²) in [5.74, 6) is -0.498. The number of carbonyl (C=O) groups excluding carboxylic acids is 2. The van der Waals surface area contributed by atoms with Crippen LogP contribution in [0.4, 0.5) is 4.79 Å². The van der Waals surface area contributed by atoms with E-state index in [1.165, 1.54) is 7.11 Å². The Balaban J connectivity index is 1.14. The molecular formula is C38H40N4O6. The van der Waals surface area contributed by atoms with Gasteiger partial charge in [-0.3, -0.25) is 0 Å². The summed E-state index contributed by atoms with van der Waals surface area (Å²) in [5, 5.41) is 15.1. The first kappa shape index (κ1) is 32.9. The van der Waals surface area contributed by atoms with Gasteiger partial charge in [0.15, 0.2) is 6.29 Å². The van der Waals surface area contributed by atoms with Gasteiger partial charge in [0.25, 0.3) is 0 Å². The zero-order chi connectivity index (χ0) is 33.5. The fourth-order valence-corrected chi connectivity index (χ4v) is 6.05. The number of hydrogen-bond donors (Lipinski definition) is 3. The van der Waals surface area contributed by atoms with Gasteiger partial charge in [0, 0.05) is 24.4 Å². The van der Waals surface area contributed by atoms with Crippen LogP contribution >= 0.6 is 0 Å². The number of aliphatic hydroxyl groups excluding tert-OH is 1. The van der Waals surface area contributed by atoms with E-state index in [4.69, 9.17) is 14.2 Å². The van der Waals surface area contributed by atoms with E-state index in [9.17, 15) is 14.7 Å². The Labute approximate surface area is 279 Å². The molecule has 0 aliphatic carbocycles. The van der Waals surface area contributed by atoms with Crippen molar-refractivity contribution in [2.75, 3.05) is 7.11 Å². The van der Waals surface area contributed by atoms with Crippen molar-refractivity contribution in [2.24, 2.45) is 5.92 Å². The smallest absolute Gasteiger partial charge is 0.328 e. The van der Waals surface area contributed by atoms with E-state index in [-0.39, 0.29) is 31.3 Å². The van der Waals surface area contributed by atoms with Crippen molar-refractivity contribution < 1.29 is 28.9 Å². The molecule has 1 aromatic heterocycles. The number of amides is 2. The number of urea groups is 1. The maximum absolute atomic E-state index is 12.8. The topological polar surface area (TPSA) is 124 Å². The molecule has 10 heteroatoms. The van der Waals surface area contributed by atoms with Crippen molar-refractivity contribution in [1.29, 1.82) is 0 Å². The summed E-state index contributed by atoms with van der Waals surface area (Å²) in [6.07, 6.45) is 1.10. The average molecular weight is 649 g/mol. The molecular weight excluding hydrogens is 608 g/mol. The quantitative estimate of drug-likeness (QED) is 0.159. The molecule has 2 heterocycles. The van der Waals surface area contributed by atoms with Crippen LogP contribution in [0.15, 0.2) is 109 Å². The number of nitrogens with one attached hydrogen (secondary N) is 2. The predicted molar refractivity (Wildman–Crippen MR) is 180 cm³/mol. The lowest BCUT2D eigenvalue weighted by atomic mass is 9.90. The molecule has 0 unspecified atom stereocenters. The number of fused-ring (bicyclic) bond motifs is 1. The second-order valence-electron chi connectivity index (χ2n) is 12.0. The summed E-state index contributed by atoms with van der Waals surface area (Å²) in [6.45, 7) is 2.96. The van der Waals surface area contributed by atoms with Gasteiger partial charge in [-0.05, 0) is 34.4 Å². The molecule has 3 N–H and O–H groups in total. The Morgan fingerprint density at radius 1 is 0.875 bits per heavy atom. The summed E-state index contributed by atoms with van der Waals surface area (Å²) < 4.78 is 20.3. The lowest BCUT2D eigenvalue weighted by molar-refractivity contribution is -0.276. The van der Waals surface area contributed by atoms with Gasteiger partial charge in [-0.2, -0.15) is 0 Å². The van der Waals surface area contributed by atoms with Crippen LogP contribution in [0.2, 0.25) is 0 Å². The number of carbonyl (C=O) groups is 2. The highest BCUT2D eigenvalue weighted by molar-refractivity contribution is 5.83. The number of hydrogen-bond acceptors (Lipinski definition) is 7. The summed E-state index contributed by atoms with van der Waals surface area (Å²) in [4.78, 5) is 29.7. The number of rotatable bonds is 11. The van der Waals surface area contributed by atoms with E-state index in [2.05, 4.69) is 33.2 Å². The average Bonchev–Trinajstić information content (AvgIpc) is 3.54. The minimum Gasteiger partial charge on any atom is -0.467 e. The first-order valence-electron chi connectivity index (χ1n) is 16.1. The molecule has 6 rings (SSSR count). The molecule has 1 aliphatic rings. The number of aliphatic hydroxyl groups is 1. The van der Waals surface area contributed by atoms with E-state index in [0.29, 0.717) is 13.0 Å². The molecule has 0 bridgehead atoms. The Kier molecular flexibility index (Phi) is 10.4. The van der Waals surface area contributed by atoms with E-state index in [1.54, 1.807) is 0 Å². The van der Waals surface area contributed by atoms with E-state index in [1.807, 2.05) is 103 Å². The molecule has 0 spiro atoms. The van der Waals surface area contributed by atoms with E-state index < -0.39 is 24.3 Å². The molecule has 10 nitrogen and oxygen atoms in total. The number of para-hydroxylation sites is 2. The van der Waals surface area contributed by atoms with Gasteiger partial charge in [-0.25, -0.2) is 14.6 Å². The van der Waals surface area contributed by atoms with Crippen molar-refractivity contribution in [2.45, 2.75) is 57.6 Å². The molecule has 5 atom stereocenters. The van der Waals surface area contributed by atoms with Crippen LogP contribution in [0.1, 0.15) is 47.1 Å². The second-order valence-corrected chi connectivity index (χ2v) is 12.0. The van der Waals surface area contributed by atoms with Crippen LogP contribution in [0.3, 0.4) is 0 Å². The summed E-state index contributed by atoms with van der Waals surface area (Å²) in [5.41, 5.74) is 6.45. The van der Waals surface area contributed by atoms with Gasteiger partial charge in [-0.1, -0.05) is 97.9 Å². The summed E-state index contributed by atoms with van der Waals surface area (Å²) in [7, 11) is 1.30. The summed E-state index contributed by atoms with van der Waals surface area (Å²) in [6, 6.07) is 31.8. The van der Waals surface area contributed by atoms with Gasteiger partial charge in [0.2, 0.25) is 0 Å². The number of benzene rings is 4. The molecule has 2 amide bonds. The predicted octanol–water partition coefficient (Wildman–Crippen LogP) is 5.60. The largest absolute Gasteiger partial charge is 0.467 e.